The summed E-state index contributed by atoms with van der Waals surface area (Å²) >= 11 is 12.3. The Labute approximate surface area is 225 Å². The molecule has 9 nitrogen and oxygen atoms in total. The Morgan fingerprint density at radius 3 is 2.32 bits per heavy atom. The van der Waals surface area contributed by atoms with Crippen molar-refractivity contribution in [3.05, 3.63) is 64.2 Å². The molecular formula is C24H25Cl2N3O6S2. The summed E-state index contributed by atoms with van der Waals surface area (Å²) in [5.74, 6) is -1.36. The molecule has 2 N–H and O–H groups in total. The first-order chi connectivity index (χ1) is 17.4. The van der Waals surface area contributed by atoms with E-state index >= 15 is 0 Å². The highest BCUT2D eigenvalue weighted by Crippen LogP contribution is 2.34. The van der Waals surface area contributed by atoms with Crippen LogP contribution in [-0.2, 0) is 29.6 Å². The molecule has 2 aromatic carbocycles. The number of anilines is 1. The van der Waals surface area contributed by atoms with Gasteiger partial charge in [-0.15, -0.1) is 0 Å². The van der Waals surface area contributed by atoms with Crippen molar-refractivity contribution in [2.45, 2.75) is 54.4 Å². The average Bonchev–Trinajstić information content (AvgIpc) is 3.14. The second-order valence-electron chi connectivity index (χ2n) is 8.87. The van der Waals surface area contributed by atoms with Crippen molar-refractivity contribution in [3.8, 4) is 0 Å². The van der Waals surface area contributed by atoms with Gasteiger partial charge >= 0.3 is 0 Å². The van der Waals surface area contributed by atoms with Crippen molar-refractivity contribution in [1.29, 1.82) is 0 Å². The van der Waals surface area contributed by atoms with Crippen LogP contribution in [-0.4, -0.2) is 45.5 Å². The Morgan fingerprint density at radius 2 is 1.70 bits per heavy atom. The molecule has 2 aromatic rings. The molecule has 4 rings (SSSR count). The minimum atomic E-state index is -4.33. The van der Waals surface area contributed by atoms with Crippen LogP contribution in [0.4, 0.5) is 5.69 Å². The number of benzene rings is 2. The minimum Gasteiger partial charge on any atom is -0.274 e. The zero-order valence-electron chi connectivity index (χ0n) is 19.6. The van der Waals surface area contributed by atoms with Crippen LogP contribution < -0.4 is 10.0 Å². The van der Waals surface area contributed by atoms with E-state index in [-0.39, 0.29) is 38.5 Å². The predicted octanol–water partition coefficient (Wildman–Crippen LogP) is 3.85. The number of rotatable bonds is 8. The Morgan fingerprint density at radius 1 is 1.00 bits per heavy atom. The molecule has 0 radical (unpaired) electrons. The maximum atomic E-state index is 13.8. The van der Waals surface area contributed by atoms with Crippen molar-refractivity contribution >= 4 is 60.8 Å². The number of hydrogen-bond donors (Lipinski definition) is 1. The van der Waals surface area contributed by atoms with E-state index in [0.29, 0.717) is 6.42 Å². The van der Waals surface area contributed by atoms with Gasteiger partial charge in [0.15, 0.2) is 0 Å². The lowest BCUT2D eigenvalue weighted by Gasteiger charge is -2.28. The van der Waals surface area contributed by atoms with Gasteiger partial charge in [-0.2, -0.15) is 4.31 Å². The minimum absolute atomic E-state index is 0.0289. The summed E-state index contributed by atoms with van der Waals surface area (Å²) in [4.78, 5) is 26.9. The normalized spacial score (nSPS) is 19.0. The standard InChI is InChI=1S/C24H25Cl2N3O6S2/c25-17-6-11-20(26)22(14-17)37(34,35)28(13-12-16-4-2-1-3-5-16)21-15-23(30)29(24(21)31)18-7-9-19(10-8-18)36(27,32)33/h4,6-11,14,21H,1-3,5,12-13,15H2,(H2,27,32,33). The number of amides is 2. The van der Waals surface area contributed by atoms with Gasteiger partial charge in [0.25, 0.3) is 5.91 Å². The molecule has 1 unspecified atom stereocenters. The average molecular weight is 587 g/mol. The summed E-state index contributed by atoms with van der Waals surface area (Å²) in [5.41, 5.74) is 1.20. The van der Waals surface area contributed by atoms with E-state index in [1.807, 2.05) is 0 Å². The van der Waals surface area contributed by atoms with Crippen LogP contribution in [0.3, 0.4) is 0 Å². The molecule has 1 aliphatic heterocycles. The Balaban J connectivity index is 1.70. The van der Waals surface area contributed by atoms with Gasteiger partial charge in [-0.3, -0.25) is 9.59 Å². The SMILES string of the molecule is NS(=O)(=O)c1ccc(N2C(=O)CC(N(CCC3=CCCCC3)S(=O)(=O)c3cc(Cl)ccc3Cl)C2=O)cc1. The summed E-state index contributed by atoms with van der Waals surface area (Å²) in [6.45, 7) is -0.0289. The Kier molecular flexibility index (Phi) is 8.13. The number of carbonyl (C=O) groups excluding carboxylic acids is 2. The van der Waals surface area contributed by atoms with E-state index in [0.717, 1.165) is 40.5 Å². The summed E-state index contributed by atoms with van der Waals surface area (Å²) in [6.07, 6.45) is 5.92. The van der Waals surface area contributed by atoms with Crippen LogP contribution in [0.5, 0.6) is 0 Å². The molecule has 0 spiro atoms. The molecule has 1 fully saturated rings. The fraction of sp³-hybridized carbons (Fsp3) is 0.333. The van der Waals surface area contributed by atoms with Gasteiger partial charge in [0.05, 0.1) is 22.0 Å². The smallest absolute Gasteiger partial charge is 0.252 e. The van der Waals surface area contributed by atoms with Gasteiger partial charge in [-0.25, -0.2) is 26.9 Å². The second-order valence-corrected chi connectivity index (χ2v) is 13.1. The van der Waals surface area contributed by atoms with Crippen LogP contribution in [0.1, 0.15) is 38.5 Å². The first kappa shape index (κ1) is 27.7. The quantitative estimate of drug-likeness (QED) is 0.369. The Bertz CT molecular complexity index is 1470. The van der Waals surface area contributed by atoms with Crippen LogP contribution in [0, 0.1) is 0 Å². The lowest BCUT2D eigenvalue weighted by molar-refractivity contribution is -0.122. The van der Waals surface area contributed by atoms with E-state index < -0.39 is 37.9 Å². The number of hydrogen-bond acceptors (Lipinski definition) is 6. The fourth-order valence-corrected chi connectivity index (χ4v) is 7.36. The highest BCUT2D eigenvalue weighted by atomic mass is 35.5. The van der Waals surface area contributed by atoms with Gasteiger partial charge in [-0.05, 0) is 74.6 Å². The van der Waals surface area contributed by atoms with Crippen molar-refractivity contribution < 1.29 is 26.4 Å². The fourth-order valence-electron chi connectivity index (χ4n) is 4.53. The number of imide groups is 1. The molecule has 13 heteroatoms. The molecule has 2 amide bonds. The van der Waals surface area contributed by atoms with Gasteiger partial charge in [-0.1, -0.05) is 34.9 Å². The van der Waals surface area contributed by atoms with Gasteiger partial charge < -0.3 is 0 Å². The van der Waals surface area contributed by atoms with E-state index in [9.17, 15) is 26.4 Å². The van der Waals surface area contributed by atoms with Crippen molar-refractivity contribution in [1.82, 2.24) is 4.31 Å². The van der Waals surface area contributed by atoms with Gasteiger partial charge in [0.1, 0.15) is 10.9 Å². The Hall–Kier alpha value is -2.28. The van der Waals surface area contributed by atoms with Crippen molar-refractivity contribution in [2.24, 2.45) is 5.14 Å². The van der Waals surface area contributed by atoms with Crippen LogP contribution in [0.15, 0.2) is 63.9 Å². The number of sulfonamides is 2. The van der Waals surface area contributed by atoms with E-state index in [2.05, 4.69) is 6.08 Å². The van der Waals surface area contributed by atoms with Crippen LogP contribution in [0.2, 0.25) is 10.0 Å². The highest BCUT2D eigenvalue weighted by molar-refractivity contribution is 7.89. The van der Waals surface area contributed by atoms with E-state index in [1.54, 1.807) is 0 Å². The molecule has 198 valence electrons. The highest BCUT2D eigenvalue weighted by Gasteiger charge is 2.47. The maximum absolute atomic E-state index is 13.8. The van der Waals surface area contributed by atoms with E-state index in [4.69, 9.17) is 28.3 Å². The van der Waals surface area contributed by atoms with Crippen molar-refractivity contribution in [3.63, 3.8) is 0 Å². The number of allylic oxidation sites excluding steroid dienone is 1. The second kappa shape index (κ2) is 10.8. The molecular weight excluding hydrogens is 561 g/mol. The number of halogens is 2. The lowest BCUT2D eigenvalue weighted by atomic mass is 9.97. The predicted molar refractivity (Wildman–Crippen MR) is 140 cm³/mol. The number of carbonyl (C=O) groups is 2. The molecule has 0 aromatic heterocycles. The van der Waals surface area contributed by atoms with Crippen LogP contribution in [0.25, 0.3) is 0 Å². The van der Waals surface area contributed by atoms with Gasteiger partial charge in [0.2, 0.25) is 26.0 Å². The maximum Gasteiger partial charge on any atom is 0.252 e. The molecule has 2 aliphatic rings. The third-order valence-corrected chi connectivity index (χ3v) is 9.97. The van der Waals surface area contributed by atoms with Crippen LogP contribution >= 0.6 is 23.2 Å². The number of nitrogens with zero attached hydrogens (tertiary/aromatic N) is 2. The summed E-state index contributed by atoms with van der Waals surface area (Å²) in [6, 6.07) is 7.63. The summed E-state index contributed by atoms with van der Waals surface area (Å²) in [5, 5.41) is 5.22. The lowest BCUT2D eigenvalue weighted by Crippen LogP contribution is -2.46. The molecule has 0 bridgehead atoms. The van der Waals surface area contributed by atoms with Gasteiger partial charge in [0, 0.05) is 11.6 Å². The molecule has 1 atom stereocenters. The molecule has 1 aliphatic carbocycles. The largest absolute Gasteiger partial charge is 0.274 e. The topological polar surface area (TPSA) is 135 Å². The first-order valence-electron chi connectivity index (χ1n) is 11.5. The van der Waals surface area contributed by atoms with E-state index in [1.165, 1.54) is 42.5 Å². The molecule has 1 heterocycles. The number of primary sulfonamides is 1. The third kappa shape index (κ3) is 5.92. The first-order valence-corrected chi connectivity index (χ1v) is 15.3. The summed E-state index contributed by atoms with van der Waals surface area (Å²) in [7, 11) is -8.31. The summed E-state index contributed by atoms with van der Waals surface area (Å²) < 4.78 is 51.8. The van der Waals surface area contributed by atoms with Crippen molar-refractivity contribution in [2.75, 3.05) is 11.4 Å². The molecule has 37 heavy (non-hydrogen) atoms. The molecule has 0 saturated carbocycles. The molecule has 1 saturated heterocycles. The monoisotopic (exact) mass is 585 g/mol. The number of nitrogens with two attached hydrogens (primary N) is 1. The third-order valence-electron chi connectivity index (χ3n) is 6.41. The zero-order chi connectivity index (χ0) is 27.0. The zero-order valence-corrected chi connectivity index (χ0v) is 22.8.